The summed E-state index contributed by atoms with van der Waals surface area (Å²) in [5.41, 5.74) is 3.34. The van der Waals surface area contributed by atoms with Gasteiger partial charge < -0.3 is 15.0 Å². The number of nitrogens with one attached hydrogen (secondary N) is 1. The van der Waals surface area contributed by atoms with Crippen LogP contribution in [0.3, 0.4) is 0 Å². The fraction of sp³-hybridized carbons (Fsp3) is 0.286. The van der Waals surface area contributed by atoms with Crippen molar-refractivity contribution in [1.29, 1.82) is 0 Å². The van der Waals surface area contributed by atoms with Crippen LogP contribution >= 0.6 is 0 Å². The largest absolute Gasteiger partial charge is 0.455 e. The molecule has 2 aromatic carbocycles. The summed E-state index contributed by atoms with van der Waals surface area (Å²) in [5, 5.41) is 2.51. The molecule has 1 atom stereocenters. The van der Waals surface area contributed by atoms with Crippen molar-refractivity contribution in [3.63, 3.8) is 0 Å². The maximum atomic E-state index is 12.9. The summed E-state index contributed by atoms with van der Waals surface area (Å²) in [6.07, 6.45) is 0.0470. The Bertz CT molecular complexity index is 911. The molecule has 2 aromatic rings. The number of carbonyl (C=O) groups excluding carboxylic acids is 3. The van der Waals surface area contributed by atoms with E-state index in [0.717, 1.165) is 16.8 Å². The van der Waals surface area contributed by atoms with Gasteiger partial charge in [-0.1, -0.05) is 6.07 Å². The molecule has 0 aromatic heterocycles. The third kappa shape index (κ3) is 4.54. The van der Waals surface area contributed by atoms with Gasteiger partial charge in [-0.2, -0.15) is 0 Å². The molecular weight excluding hydrogens is 363 g/mol. The summed E-state index contributed by atoms with van der Waals surface area (Å²) in [7, 11) is 0. The number of amides is 2. The first-order valence-electron chi connectivity index (χ1n) is 8.93. The molecule has 1 fully saturated rings. The van der Waals surface area contributed by atoms with E-state index in [0.29, 0.717) is 5.69 Å². The quantitative estimate of drug-likeness (QED) is 0.804. The van der Waals surface area contributed by atoms with E-state index in [2.05, 4.69) is 5.32 Å². The minimum Gasteiger partial charge on any atom is -0.455 e. The van der Waals surface area contributed by atoms with Crippen LogP contribution in [0.15, 0.2) is 42.5 Å². The van der Waals surface area contributed by atoms with E-state index in [1.54, 1.807) is 4.90 Å². The minimum atomic E-state index is -0.618. The van der Waals surface area contributed by atoms with Crippen molar-refractivity contribution < 1.29 is 23.5 Å². The smallest absolute Gasteiger partial charge is 0.311 e. The Hall–Kier alpha value is -3.22. The second kappa shape index (κ2) is 8.21. The van der Waals surface area contributed by atoms with Crippen molar-refractivity contribution in [3.05, 3.63) is 59.4 Å². The second-order valence-electron chi connectivity index (χ2n) is 6.84. The molecule has 1 saturated heterocycles. The molecule has 6 nitrogen and oxygen atoms in total. The van der Waals surface area contributed by atoms with E-state index >= 15 is 0 Å². The van der Waals surface area contributed by atoms with Gasteiger partial charge in [-0.15, -0.1) is 0 Å². The van der Waals surface area contributed by atoms with Gasteiger partial charge in [0.2, 0.25) is 5.91 Å². The molecule has 0 saturated carbocycles. The first-order valence-corrected chi connectivity index (χ1v) is 8.93. The number of nitrogens with zero attached hydrogens (tertiary/aromatic N) is 1. The number of esters is 1. The van der Waals surface area contributed by atoms with Gasteiger partial charge in [0, 0.05) is 24.3 Å². The lowest BCUT2D eigenvalue weighted by Gasteiger charge is -2.17. The highest BCUT2D eigenvalue weighted by Gasteiger charge is 2.36. The van der Waals surface area contributed by atoms with Gasteiger partial charge in [-0.05, 0) is 61.4 Å². The molecule has 1 heterocycles. The van der Waals surface area contributed by atoms with Crippen molar-refractivity contribution in [2.75, 3.05) is 23.4 Å². The van der Waals surface area contributed by atoms with Crippen molar-refractivity contribution in [3.8, 4) is 0 Å². The zero-order valence-corrected chi connectivity index (χ0v) is 15.7. The predicted molar refractivity (Wildman–Crippen MR) is 102 cm³/mol. The van der Waals surface area contributed by atoms with Crippen molar-refractivity contribution in [2.45, 2.75) is 20.3 Å². The summed E-state index contributed by atoms with van der Waals surface area (Å²) < 4.78 is 17.9. The van der Waals surface area contributed by atoms with Gasteiger partial charge in [0.05, 0.1) is 5.92 Å². The minimum absolute atomic E-state index is 0.0470. The van der Waals surface area contributed by atoms with E-state index in [1.165, 1.54) is 24.3 Å². The van der Waals surface area contributed by atoms with Crippen LogP contribution in [0.1, 0.15) is 17.5 Å². The van der Waals surface area contributed by atoms with Gasteiger partial charge in [-0.3, -0.25) is 14.4 Å². The number of hydrogen-bond acceptors (Lipinski definition) is 4. The van der Waals surface area contributed by atoms with E-state index < -0.39 is 30.2 Å². The normalized spacial score (nSPS) is 16.2. The molecule has 146 valence electrons. The van der Waals surface area contributed by atoms with Crippen LogP contribution in [0.4, 0.5) is 15.8 Å². The average molecular weight is 384 g/mol. The Morgan fingerprint density at radius 2 is 1.86 bits per heavy atom. The number of halogens is 1. The molecule has 3 rings (SSSR count). The maximum Gasteiger partial charge on any atom is 0.311 e. The number of benzene rings is 2. The van der Waals surface area contributed by atoms with Crippen LogP contribution in [0.2, 0.25) is 0 Å². The lowest BCUT2D eigenvalue weighted by molar-refractivity contribution is -0.151. The highest BCUT2D eigenvalue weighted by atomic mass is 19.1. The van der Waals surface area contributed by atoms with Crippen LogP contribution in [0, 0.1) is 25.6 Å². The van der Waals surface area contributed by atoms with Crippen LogP contribution in [-0.4, -0.2) is 30.9 Å². The molecule has 1 aliphatic rings. The summed E-state index contributed by atoms with van der Waals surface area (Å²) in [4.78, 5) is 38.0. The number of carbonyl (C=O) groups is 3. The summed E-state index contributed by atoms with van der Waals surface area (Å²) in [6, 6.07) is 10.9. The fourth-order valence-corrected chi connectivity index (χ4v) is 2.99. The molecule has 0 aliphatic carbocycles. The number of ether oxygens (including phenoxy) is 1. The molecule has 7 heteroatoms. The van der Waals surface area contributed by atoms with Crippen LogP contribution in [-0.2, 0) is 19.1 Å². The van der Waals surface area contributed by atoms with E-state index in [4.69, 9.17) is 4.74 Å². The summed E-state index contributed by atoms with van der Waals surface area (Å²) >= 11 is 0. The third-order valence-electron chi connectivity index (χ3n) is 4.73. The Morgan fingerprint density at radius 1 is 1.14 bits per heavy atom. The van der Waals surface area contributed by atoms with E-state index in [-0.39, 0.29) is 18.9 Å². The first-order chi connectivity index (χ1) is 13.3. The molecular formula is C21H21FN2O4. The molecule has 0 radical (unpaired) electrons. The molecule has 0 bridgehead atoms. The van der Waals surface area contributed by atoms with Gasteiger partial charge in [0.25, 0.3) is 5.91 Å². The Morgan fingerprint density at radius 3 is 2.54 bits per heavy atom. The van der Waals surface area contributed by atoms with E-state index in [9.17, 15) is 18.8 Å². The maximum absolute atomic E-state index is 12.9. The SMILES string of the molecule is Cc1ccc(N2C[C@H](C(=O)OCC(=O)Nc3ccc(F)cc3)CC2=O)cc1C. The van der Waals surface area contributed by atoms with Gasteiger partial charge in [0.1, 0.15) is 5.82 Å². The monoisotopic (exact) mass is 384 g/mol. The van der Waals surface area contributed by atoms with Crippen LogP contribution in [0.25, 0.3) is 0 Å². The zero-order chi connectivity index (χ0) is 20.3. The highest BCUT2D eigenvalue weighted by molar-refractivity contribution is 6.00. The lowest BCUT2D eigenvalue weighted by atomic mass is 10.1. The van der Waals surface area contributed by atoms with Crippen molar-refractivity contribution in [2.24, 2.45) is 5.92 Å². The first kappa shape index (κ1) is 19.5. The topological polar surface area (TPSA) is 75.7 Å². The fourth-order valence-electron chi connectivity index (χ4n) is 2.99. The molecule has 0 spiro atoms. The standard InChI is InChI=1S/C21H21FN2O4/c1-13-3-8-18(9-14(13)2)24-11-15(10-20(24)26)21(27)28-12-19(25)23-17-6-4-16(22)5-7-17/h3-9,15H,10-12H2,1-2H3,(H,23,25)/t15-/m1/s1. The molecule has 28 heavy (non-hydrogen) atoms. The Balaban J connectivity index is 1.53. The lowest BCUT2D eigenvalue weighted by Crippen LogP contribution is -2.28. The third-order valence-corrected chi connectivity index (χ3v) is 4.73. The number of hydrogen-bond donors (Lipinski definition) is 1. The van der Waals surface area contributed by atoms with E-state index in [1.807, 2.05) is 32.0 Å². The van der Waals surface area contributed by atoms with Crippen LogP contribution < -0.4 is 10.2 Å². The number of anilines is 2. The van der Waals surface area contributed by atoms with Crippen molar-refractivity contribution in [1.82, 2.24) is 0 Å². The van der Waals surface area contributed by atoms with Gasteiger partial charge in [0.15, 0.2) is 6.61 Å². The Labute approximate surface area is 162 Å². The number of rotatable bonds is 5. The Kier molecular flexibility index (Phi) is 5.73. The number of aryl methyl sites for hydroxylation is 2. The van der Waals surface area contributed by atoms with Crippen molar-refractivity contribution >= 4 is 29.2 Å². The van der Waals surface area contributed by atoms with Gasteiger partial charge in [-0.25, -0.2) is 4.39 Å². The molecule has 1 N–H and O–H groups in total. The average Bonchev–Trinajstić information content (AvgIpc) is 3.06. The van der Waals surface area contributed by atoms with Crippen LogP contribution in [0.5, 0.6) is 0 Å². The summed E-state index contributed by atoms with van der Waals surface area (Å²) in [6.45, 7) is 3.71. The predicted octanol–water partition coefficient (Wildman–Crippen LogP) is 2.98. The molecule has 1 aliphatic heterocycles. The summed E-state index contributed by atoms with van der Waals surface area (Å²) in [5.74, 6) is -2.30. The van der Waals surface area contributed by atoms with Gasteiger partial charge >= 0.3 is 5.97 Å². The highest BCUT2D eigenvalue weighted by Crippen LogP contribution is 2.27. The zero-order valence-electron chi connectivity index (χ0n) is 15.7. The second-order valence-corrected chi connectivity index (χ2v) is 6.84. The molecule has 0 unspecified atom stereocenters. The molecule has 2 amide bonds.